The number of benzene rings is 1. The molecule has 3 N–H and O–H groups in total. The third-order valence-electron chi connectivity index (χ3n) is 2.28. The summed E-state index contributed by atoms with van der Waals surface area (Å²) in [5.74, 6) is 4.06. The van der Waals surface area contributed by atoms with E-state index >= 15 is 0 Å². The molecule has 0 aliphatic carbocycles. The Morgan fingerprint density at radius 3 is 2.94 bits per heavy atom. The molecule has 1 aromatic carbocycles. The number of nitrogens with one attached hydrogen (secondary N) is 1. The van der Waals surface area contributed by atoms with Crippen molar-refractivity contribution in [2.75, 3.05) is 0 Å². The minimum Gasteiger partial charge on any atom is -0.289 e. The average Bonchev–Trinajstić information content (AvgIpc) is 2.81. The molecule has 88 valence electrons. The molecule has 0 radical (unpaired) electrons. The van der Waals surface area contributed by atoms with Crippen LogP contribution in [-0.4, -0.2) is 20.9 Å². The van der Waals surface area contributed by atoms with Crippen molar-refractivity contribution in [1.29, 1.82) is 0 Å². The van der Waals surface area contributed by atoms with Crippen molar-refractivity contribution < 1.29 is 9.18 Å². The van der Waals surface area contributed by atoms with Crippen LogP contribution >= 0.6 is 0 Å². The summed E-state index contributed by atoms with van der Waals surface area (Å²) in [5.41, 5.74) is 3.02. The van der Waals surface area contributed by atoms with Crippen molar-refractivity contribution in [3.63, 3.8) is 0 Å². The van der Waals surface area contributed by atoms with Crippen LogP contribution in [0.1, 0.15) is 16.1 Å². The zero-order chi connectivity index (χ0) is 12.4. The molecule has 1 aromatic heterocycles. The molecular formula is C10H10FN5O. The smallest absolute Gasteiger partial charge is 0.287 e. The summed E-state index contributed by atoms with van der Waals surface area (Å²) in [6.07, 6.45) is 1.37. The monoisotopic (exact) mass is 235 g/mol. The van der Waals surface area contributed by atoms with E-state index in [1.54, 1.807) is 19.1 Å². The van der Waals surface area contributed by atoms with Gasteiger partial charge in [-0.05, 0) is 24.6 Å². The number of nitrogen functional groups attached to an aromatic ring is 1. The molecule has 0 aliphatic rings. The topological polar surface area (TPSA) is 85.8 Å². The lowest BCUT2D eigenvalue weighted by Crippen LogP contribution is -2.30. The minimum absolute atomic E-state index is 0.0634. The zero-order valence-corrected chi connectivity index (χ0v) is 9.01. The summed E-state index contributed by atoms with van der Waals surface area (Å²) in [6, 6.07) is 4.61. The maximum atomic E-state index is 13.3. The number of carbonyl (C=O) groups excluding carboxylic acids is 1. The fourth-order valence-electron chi connectivity index (χ4n) is 1.29. The first kappa shape index (κ1) is 11.2. The van der Waals surface area contributed by atoms with Crippen LogP contribution in [0.2, 0.25) is 0 Å². The molecule has 6 nitrogen and oxygen atoms in total. The lowest BCUT2D eigenvalue weighted by Gasteiger charge is -2.01. The maximum absolute atomic E-state index is 13.3. The van der Waals surface area contributed by atoms with Gasteiger partial charge in [0.05, 0.1) is 11.9 Å². The third-order valence-corrected chi connectivity index (χ3v) is 2.28. The van der Waals surface area contributed by atoms with Gasteiger partial charge in [-0.3, -0.25) is 10.2 Å². The first-order valence-corrected chi connectivity index (χ1v) is 4.81. The number of amides is 1. The summed E-state index contributed by atoms with van der Waals surface area (Å²) in [6.45, 7) is 1.66. The van der Waals surface area contributed by atoms with Crippen LogP contribution in [0.5, 0.6) is 0 Å². The van der Waals surface area contributed by atoms with Gasteiger partial charge >= 0.3 is 0 Å². The highest BCUT2D eigenvalue weighted by atomic mass is 19.1. The lowest BCUT2D eigenvalue weighted by atomic mass is 10.2. The Labute approximate surface area is 96.2 Å². The van der Waals surface area contributed by atoms with Crippen molar-refractivity contribution >= 4 is 5.91 Å². The number of hydrogen-bond acceptors (Lipinski definition) is 4. The molecule has 1 amide bonds. The molecular weight excluding hydrogens is 225 g/mol. The first-order valence-electron chi connectivity index (χ1n) is 4.81. The predicted molar refractivity (Wildman–Crippen MR) is 57.7 cm³/mol. The first-order chi connectivity index (χ1) is 8.11. The van der Waals surface area contributed by atoms with Crippen molar-refractivity contribution in [1.82, 2.24) is 20.4 Å². The minimum atomic E-state index is -0.552. The maximum Gasteiger partial charge on any atom is 0.287 e. The van der Waals surface area contributed by atoms with Crippen LogP contribution in [-0.2, 0) is 0 Å². The molecule has 17 heavy (non-hydrogen) atoms. The average molecular weight is 235 g/mol. The Balaban J connectivity index is 2.37. The molecule has 0 aliphatic heterocycles. The van der Waals surface area contributed by atoms with Gasteiger partial charge in [-0.15, -0.1) is 5.10 Å². The highest BCUT2D eigenvalue weighted by Gasteiger charge is 2.10. The molecule has 0 unspecified atom stereocenters. The Bertz CT molecular complexity index is 566. The van der Waals surface area contributed by atoms with E-state index < -0.39 is 5.91 Å². The standard InChI is InChI=1S/C10H10FN5O/c1-6-2-3-7(4-8(6)11)16-5-9(14-15-16)10(17)13-12/h2-5H,12H2,1H3,(H,13,17). The highest BCUT2D eigenvalue weighted by Crippen LogP contribution is 2.12. The molecule has 0 atom stereocenters. The van der Waals surface area contributed by atoms with Gasteiger partial charge < -0.3 is 0 Å². The fourth-order valence-corrected chi connectivity index (χ4v) is 1.29. The molecule has 0 bridgehead atoms. The molecule has 0 saturated heterocycles. The van der Waals surface area contributed by atoms with Gasteiger partial charge in [0.25, 0.3) is 5.91 Å². The summed E-state index contributed by atoms with van der Waals surface area (Å²) >= 11 is 0. The van der Waals surface area contributed by atoms with Crippen LogP contribution in [0.25, 0.3) is 5.69 Å². The number of aromatic nitrogens is 3. The van der Waals surface area contributed by atoms with Gasteiger partial charge in [0.15, 0.2) is 5.69 Å². The molecule has 1 heterocycles. The van der Waals surface area contributed by atoms with E-state index in [9.17, 15) is 9.18 Å². The van der Waals surface area contributed by atoms with E-state index in [1.165, 1.54) is 16.9 Å². The number of hydrazine groups is 1. The van der Waals surface area contributed by atoms with Crippen molar-refractivity contribution in [2.45, 2.75) is 6.92 Å². The van der Waals surface area contributed by atoms with Gasteiger partial charge in [0.2, 0.25) is 0 Å². The quantitative estimate of drug-likeness (QED) is 0.446. The van der Waals surface area contributed by atoms with Crippen LogP contribution in [0.15, 0.2) is 24.4 Å². The number of halogens is 1. The third kappa shape index (κ3) is 2.13. The number of rotatable bonds is 2. The second-order valence-corrected chi connectivity index (χ2v) is 3.46. The highest BCUT2D eigenvalue weighted by molar-refractivity contribution is 5.91. The number of nitrogens with zero attached hydrogens (tertiary/aromatic N) is 3. The Morgan fingerprint density at radius 2 is 2.29 bits per heavy atom. The number of nitrogens with two attached hydrogens (primary N) is 1. The SMILES string of the molecule is Cc1ccc(-n2cc(C(=O)NN)nn2)cc1F. The number of aryl methyl sites for hydroxylation is 1. The van der Waals surface area contributed by atoms with Crippen LogP contribution in [0.3, 0.4) is 0 Å². The summed E-state index contributed by atoms with van der Waals surface area (Å²) < 4.78 is 14.6. The molecule has 7 heteroatoms. The van der Waals surface area contributed by atoms with Gasteiger partial charge in [0.1, 0.15) is 5.82 Å². The Hall–Kier alpha value is -2.28. The van der Waals surface area contributed by atoms with Crippen molar-refractivity contribution in [3.05, 3.63) is 41.5 Å². The lowest BCUT2D eigenvalue weighted by molar-refractivity contribution is 0.0948. The Morgan fingerprint density at radius 1 is 1.53 bits per heavy atom. The molecule has 2 rings (SSSR count). The van der Waals surface area contributed by atoms with Crippen LogP contribution < -0.4 is 11.3 Å². The Kier molecular flexibility index (Phi) is 2.84. The van der Waals surface area contributed by atoms with E-state index in [1.807, 2.05) is 5.43 Å². The summed E-state index contributed by atoms with van der Waals surface area (Å²) in [5, 5.41) is 7.32. The van der Waals surface area contributed by atoms with Gasteiger partial charge in [-0.1, -0.05) is 11.3 Å². The molecule has 0 fully saturated rings. The fraction of sp³-hybridized carbons (Fsp3) is 0.100. The largest absolute Gasteiger partial charge is 0.289 e. The molecule has 2 aromatic rings. The van der Waals surface area contributed by atoms with E-state index in [2.05, 4.69) is 10.3 Å². The van der Waals surface area contributed by atoms with Gasteiger partial charge in [0, 0.05) is 0 Å². The van der Waals surface area contributed by atoms with Crippen LogP contribution in [0.4, 0.5) is 4.39 Å². The number of carbonyl (C=O) groups is 1. The van der Waals surface area contributed by atoms with Crippen molar-refractivity contribution in [2.24, 2.45) is 5.84 Å². The van der Waals surface area contributed by atoms with Gasteiger partial charge in [-0.25, -0.2) is 14.9 Å². The van der Waals surface area contributed by atoms with E-state index in [4.69, 9.17) is 5.84 Å². The summed E-state index contributed by atoms with van der Waals surface area (Å²) in [4.78, 5) is 11.2. The zero-order valence-electron chi connectivity index (χ0n) is 9.01. The van der Waals surface area contributed by atoms with Crippen molar-refractivity contribution in [3.8, 4) is 5.69 Å². The number of hydrogen-bond donors (Lipinski definition) is 2. The second kappa shape index (κ2) is 4.30. The van der Waals surface area contributed by atoms with E-state index in [0.717, 1.165) is 0 Å². The molecule has 0 spiro atoms. The van der Waals surface area contributed by atoms with Crippen LogP contribution in [0, 0.1) is 12.7 Å². The van der Waals surface area contributed by atoms with Gasteiger partial charge in [-0.2, -0.15) is 0 Å². The molecule has 0 saturated carbocycles. The second-order valence-electron chi connectivity index (χ2n) is 3.46. The predicted octanol–water partition coefficient (Wildman–Crippen LogP) is 0.318. The normalized spacial score (nSPS) is 10.3. The van der Waals surface area contributed by atoms with E-state index in [-0.39, 0.29) is 11.5 Å². The van der Waals surface area contributed by atoms with E-state index in [0.29, 0.717) is 11.3 Å². The summed E-state index contributed by atoms with van der Waals surface area (Å²) in [7, 11) is 0.